The molecule has 2 N–H and O–H groups in total. The molecule has 0 aromatic carbocycles. The number of Topliss-reactive ketones (excluding diaryl/α,β-unsaturated/α-hetero) is 3. The van der Waals surface area contributed by atoms with Crippen LogP contribution in [-0.2, 0) is 61.3 Å². The van der Waals surface area contributed by atoms with Crippen molar-refractivity contribution in [2.75, 3.05) is 41.1 Å². The molecule has 3 fully saturated rings. The quantitative estimate of drug-likeness (QED) is 0.0861. The van der Waals surface area contributed by atoms with Gasteiger partial charge in [-0.05, 0) is 113 Å². The summed E-state index contributed by atoms with van der Waals surface area (Å²) in [5.41, 5.74) is 1.25. The molecule has 3 heterocycles. The summed E-state index contributed by atoms with van der Waals surface area (Å²) >= 11 is 0. The van der Waals surface area contributed by atoms with E-state index in [9.17, 15) is 38.8 Å². The molecule has 3 unspecified atom stereocenters. The molecule has 16 atom stereocenters. The number of methoxy groups -OCH3 is 3. The van der Waals surface area contributed by atoms with E-state index in [0.717, 1.165) is 5.57 Å². The average Bonchev–Trinajstić information content (AvgIpc) is 3.35. The normalized spacial score (nSPS) is 38.6. The summed E-state index contributed by atoms with van der Waals surface area (Å²) < 4.78 is 54.4. The molecular weight excluding hydrogens is 946 g/mol. The summed E-state index contributed by atoms with van der Waals surface area (Å²) in [6.07, 6.45) is 11.5. The second kappa shape index (κ2) is 28.6. The topological polar surface area (TPSA) is 211 Å². The van der Waals surface area contributed by atoms with E-state index in [1.165, 1.54) is 18.7 Å². The van der Waals surface area contributed by atoms with Crippen LogP contribution in [0.4, 0.5) is 0 Å². The number of carbonyl (C=O) groups is 5. The van der Waals surface area contributed by atoms with Crippen LogP contribution >= 0.6 is 7.60 Å². The number of hydrogen-bond donors (Lipinski definition) is 2. The van der Waals surface area contributed by atoms with Crippen molar-refractivity contribution in [1.82, 2.24) is 4.90 Å². The zero-order chi connectivity index (χ0) is 53.5. The monoisotopic (exact) mass is 1030 g/mol. The Hall–Kier alpha value is -3.18. The molecule has 1 saturated carbocycles. The Kier molecular flexibility index (Phi) is 24.4. The van der Waals surface area contributed by atoms with E-state index in [2.05, 4.69) is 0 Å². The Morgan fingerprint density at radius 1 is 0.875 bits per heavy atom. The number of aliphatic hydroxyl groups excluding tert-OH is 1. The number of esters is 1. The van der Waals surface area contributed by atoms with Gasteiger partial charge < -0.3 is 47.8 Å². The van der Waals surface area contributed by atoms with Gasteiger partial charge in [-0.15, -0.1) is 0 Å². The molecule has 0 spiro atoms. The van der Waals surface area contributed by atoms with Crippen LogP contribution in [-0.4, -0.2) is 140 Å². The highest BCUT2D eigenvalue weighted by Crippen LogP contribution is 2.49. The lowest BCUT2D eigenvalue weighted by Gasteiger charge is -2.42. The molecule has 0 radical (unpaired) electrons. The van der Waals surface area contributed by atoms with E-state index < -0.39 is 103 Å². The average molecular weight is 1030 g/mol. The van der Waals surface area contributed by atoms with Crippen molar-refractivity contribution in [3.05, 3.63) is 47.6 Å². The van der Waals surface area contributed by atoms with Crippen molar-refractivity contribution >= 4 is 36.8 Å². The van der Waals surface area contributed by atoms with Crippen LogP contribution in [0.3, 0.4) is 0 Å². The molecule has 2 saturated heterocycles. The van der Waals surface area contributed by atoms with Gasteiger partial charge in [0.2, 0.25) is 5.79 Å². The highest BCUT2D eigenvalue weighted by Gasteiger charge is 2.53. The number of amides is 1. The molecule has 0 aromatic rings. The summed E-state index contributed by atoms with van der Waals surface area (Å²) in [5, 5.41) is 23.5. The number of ether oxygens (including phenoxy) is 5. The summed E-state index contributed by atoms with van der Waals surface area (Å²) in [4.78, 5) is 72.5. The maximum atomic E-state index is 14.5. The Balaban J connectivity index is 1.69. The van der Waals surface area contributed by atoms with Gasteiger partial charge in [0.1, 0.15) is 30.1 Å². The summed E-state index contributed by atoms with van der Waals surface area (Å²) in [7, 11) is 1.20. The van der Waals surface area contributed by atoms with Gasteiger partial charge in [0, 0.05) is 65.1 Å². The van der Waals surface area contributed by atoms with Gasteiger partial charge in [-0.25, -0.2) is 4.79 Å². The molecule has 1 amide bonds. The number of ketones is 3. The minimum atomic E-state index is -3.33. The molecule has 16 nitrogen and oxygen atoms in total. The van der Waals surface area contributed by atoms with Crippen molar-refractivity contribution in [2.24, 2.45) is 35.5 Å². The number of nitrogens with zero attached hydrogens (tertiary/aromatic N) is 1. The molecule has 4 aliphatic rings. The smallest absolute Gasteiger partial charge is 0.329 e. The predicted octanol–water partition coefficient (Wildman–Crippen LogP) is 8.45. The summed E-state index contributed by atoms with van der Waals surface area (Å²) in [5.74, 6) is -8.26. The maximum absolute atomic E-state index is 14.5. The lowest BCUT2D eigenvalue weighted by molar-refractivity contribution is -0.265. The Morgan fingerprint density at radius 2 is 1.60 bits per heavy atom. The van der Waals surface area contributed by atoms with Gasteiger partial charge >= 0.3 is 13.6 Å². The fourth-order valence-electron chi connectivity index (χ4n) is 10.8. The third-order valence-electron chi connectivity index (χ3n) is 15.3. The number of hydrogen-bond acceptors (Lipinski definition) is 15. The summed E-state index contributed by atoms with van der Waals surface area (Å²) in [6.45, 7) is 16.4. The maximum Gasteiger partial charge on any atom is 0.329 e. The van der Waals surface area contributed by atoms with Gasteiger partial charge in [0.15, 0.2) is 5.78 Å². The Labute approximate surface area is 429 Å². The predicted molar refractivity (Wildman–Crippen MR) is 274 cm³/mol. The molecule has 1 aliphatic carbocycles. The second-order valence-corrected chi connectivity index (χ2v) is 23.3. The second-order valence-electron chi connectivity index (χ2n) is 21.3. The number of aliphatic hydroxyl groups is 2. The van der Waals surface area contributed by atoms with E-state index in [4.69, 9.17) is 32.7 Å². The largest absolute Gasteiger partial charge is 0.460 e. The lowest BCUT2D eigenvalue weighted by Crippen LogP contribution is -2.61. The number of carbonyl (C=O) groups excluding carboxylic acids is 5. The van der Waals surface area contributed by atoms with Crippen molar-refractivity contribution < 1.29 is 71.5 Å². The first-order valence-corrected chi connectivity index (χ1v) is 28.4. The zero-order valence-electron chi connectivity index (χ0n) is 45.2. The highest BCUT2D eigenvalue weighted by molar-refractivity contribution is 7.53. The van der Waals surface area contributed by atoms with Crippen LogP contribution in [0.15, 0.2) is 47.6 Å². The number of fused-ring (bicyclic) bond motifs is 3. The van der Waals surface area contributed by atoms with E-state index in [0.29, 0.717) is 82.8 Å². The first-order valence-electron chi connectivity index (χ1n) is 26.4. The fraction of sp³-hybridized carbons (Fsp3) is 0.764. The van der Waals surface area contributed by atoms with Crippen LogP contribution < -0.4 is 0 Å². The van der Waals surface area contributed by atoms with Crippen LogP contribution in [0, 0.1) is 35.5 Å². The molecule has 72 heavy (non-hydrogen) atoms. The van der Waals surface area contributed by atoms with Crippen molar-refractivity contribution in [1.29, 1.82) is 0 Å². The third kappa shape index (κ3) is 16.9. The first-order chi connectivity index (χ1) is 34.0. The number of piperidine rings is 1. The van der Waals surface area contributed by atoms with Gasteiger partial charge in [0.05, 0.1) is 31.0 Å². The highest BCUT2D eigenvalue weighted by atomic mass is 31.2. The van der Waals surface area contributed by atoms with Crippen LogP contribution in [0.2, 0.25) is 0 Å². The summed E-state index contributed by atoms with van der Waals surface area (Å²) in [6, 6.07) is -1.17. The number of allylic oxidation sites excluding steroid dienone is 6. The molecule has 17 heteroatoms. The van der Waals surface area contributed by atoms with Crippen molar-refractivity contribution in [2.45, 2.75) is 193 Å². The number of cyclic esters (lactones) is 1. The third-order valence-corrected chi connectivity index (χ3v) is 16.6. The number of rotatable bonds is 11. The van der Waals surface area contributed by atoms with E-state index in [1.807, 2.05) is 65.0 Å². The van der Waals surface area contributed by atoms with Crippen molar-refractivity contribution in [3.63, 3.8) is 0 Å². The Bertz CT molecular complexity index is 2000. The van der Waals surface area contributed by atoms with E-state index in [1.54, 1.807) is 41.1 Å². The minimum absolute atomic E-state index is 0.00646. The van der Waals surface area contributed by atoms with Crippen LogP contribution in [0.5, 0.6) is 0 Å². The van der Waals surface area contributed by atoms with Gasteiger partial charge in [-0.3, -0.25) is 23.7 Å². The Morgan fingerprint density at radius 3 is 2.26 bits per heavy atom. The molecular formula is C55H88NO15P. The fourth-order valence-corrected chi connectivity index (χ4v) is 12.1. The molecule has 408 valence electrons. The van der Waals surface area contributed by atoms with Crippen LogP contribution in [0.25, 0.3) is 0 Å². The van der Waals surface area contributed by atoms with Crippen molar-refractivity contribution in [3.8, 4) is 0 Å². The van der Waals surface area contributed by atoms with E-state index in [-0.39, 0.29) is 42.8 Å². The molecule has 0 aromatic heterocycles. The van der Waals surface area contributed by atoms with Crippen LogP contribution in [0.1, 0.15) is 139 Å². The molecule has 3 aliphatic heterocycles. The standard InChI is InChI=1S/C55H88NO15P/c1-13-27-68-72(12,64)71-45-25-23-41(31-48(45)66-10)30-37(5)47-33-44(57)36(4)29-39(7)50(59)51(67-11)49(58)38(6)28-34(2)19-15-14-16-20-35(3)46(65-9)32-42-24-22-40(8)55(63,70-42)52(60)53(61)56-26-18-17-21-43(56)54(62)69-47/h14-16,19-20,29,34,36-38,40-43,45-48,50-51,59,63H,13,17-18,21-28,30-33H2,1-12H3/b16-14+,19-15+,35-20+,39-29+/t34-,36-,37-,38?,40-,41+,42+,43?,45-,46+,47+,48-,50-,51+,55-,72?/m1/s1. The van der Waals surface area contributed by atoms with Gasteiger partial charge in [-0.2, -0.15) is 0 Å². The van der Waals surface area contributed by atoms with Gasteiger partial charge in [0.25, 0.3) is 11.7 Å². The first kappa shape index (κ1) is 61.4. The molecule has 2 bridgehead atoms. The lowest BCUT2D eigenvalue weighted by atomic mass is 9.78. The SMILES string of the molecule is CCCOP(C)(=O)O[C@@H]1CC[C@@H](C[C@@H](C)[C@@H]2CC(=O)[C@H](C)/C=C(\C)[C@@H](O)[C@@H](OC)C(=O)C(C)C[C@H](C)/C=C/C=C/C=C(\C)[C@@H](OC)C[C@@H]3CC[C@@H](C)[C@@](O)(O3)C(=O)C(=O)N3CCCCC3C(=O)O2)C[C@H]1OC. The van der Waals surface area contributed by atoms with Gasteiger partial charge in [-0.1, -0.05) is 78.0 Å². The molecule has 4 rings (SSSR count). The zero-order valence-corrected chi connectivity index (χ0v) is 46.1. The minimum Gasteiger partial charge on any atom is -0.460 e. The van der Waals surface area contributed by atoms with E-state index >= 15 is 0 Å².